The summed E-state index contributed by atoms with van der Waals surface area (Å²) in [5.41, 5.74) is 0.621. The maximum absolute atomic E-state index is 12.7. The Hall–Kier alpha value is -1.62. The first-order valence-electron chi connectivity index (χ1n) is 8.33. The highest BCUT2D eigenvalue weighted by Gasteiger charge is 2.31. The number of piperidine rings is 1. The SMILES string of the molecule is CC1CCCN(C(=O)c2ccc(N3CCCC3)nc2)C1CO. The van der Waals surface area contributed by atoms with E-state index in [0.29, 0.717) is 11.5 Å². The molecule has 5 heteroatoms. The molecule has 5 nitrogen and oxygen atoms in total. The van der Waals surface area contributed by atoms with Crippen molar-refractivity contribution in [3.8, 4) is 0 Å². The van der Waals surface area contributed by atoms with Crippen LogP contribution in [0, 0.1) is 5.92 Å². The van der Waals surface area contributed by atoms with E-state index < -0.39 is 0 Å². The van der Waals surface area contributed by atoms with Crippen molar-refractivity contribution < 1.29 is 9.90 Å². The van der Waals surface area contributed by atoms with Gasteiger partial charge in [0, 0.05) is 25.8 Å². The summed E-state index contributed by atoms with van der Waals surface area (Å²) >= 11 is 0. The van der Waals surface area contributed by atoms with Gasteiger partial charge in [-0.15, -0.1) is 0 Å². The average molecular weight is 303 g/mol. The summed E-state index contributed by atoms with van der Waals surface area (Å²) in [6.45, 7) is 4.97. The number of nitrogens with zero attached hydrogens (tertiary/aromatic N) is 3. The van der Waals surface area contributed by atoms with Crippen molar-refractivity contribution in [3.05, 3.63) is 23.9 Å². The van der Waals surface area contributed by atoms with Crippen LogP contribution in [0.25, 0.3) is 0 Å². The maximum Gasteiger partial charge on any atom is 0.255 e. The number of hydrogen-bond acceptors (Lipinski definition) is 4. The van der Waals surface area contributed by atoms with Crippen molar-refractivity contribution in [2.24, 2.45) is 5.92 Å². The van der Waals surface area contributed by atoms with Crippen LogP contribution in [-0.4, -0.2) is 53.2 Å². The van der Waals surface area contributed by atoms with Gasteiger partial charge in [0.1, 0.15) is 5.82 Å². The molecule has 1 amide bonds. The molecule has 1 aromatic rings. The lowest BCUT2D eigenvalue weighted by molar-refractivity contribution is 0.0358. The molecule has 0 aromatic carbocycles. The predicted octanol–water partition coefficient (Wildman–Crippen LogP) is 1.91. The standard InChI is InChI=1S/C17H25N3O2/c1-13-5-4-10-20(15(13)12-21)17(22)14-6-7-16(18-11-14)19-8-2-3-9-19/h6-7,11,13,15,21H,2-5,8-10,12H2,1H3. The van der Waals surface area contributed by atoms with E-state index >= 15 is 0 Å². The molecular formula is C17H25N3O2. The molecule has 0 aliphatic carbocycles. The zero-order valence-corrected chi connectivity index (χ0v) is 13.2. The molecule has 22 heavy (non-hydrogen) atoms. The molecule has 0 bridgehead atoms. The zero-order chi connectivity index (χ0) is 15.5. The number of likely N-dealkylation sites (tertiary alicyclic amines) is 1. The van der Waals surface area contributed by atoms with Gasteiger partial charge in [-0.2, -0.15) is 0 Å². The number of anilines is 1. The monoisotopic (exact) mass is 303 g/mol. The summed E-state index contributed by atoms with van der Waals surface area (Å²) in [6.07, 6.45) is 6.19. The van der Waals surface area contributed by atoms with Crippen molar-refractivity contribution in [1.82, 2.24) is 9.88 Å². The number of amides is 1. The van der Waals surface area contributed by atoms with Gasteiger partial charge in [-0.25, -0.2) is 4.98 Å². The third-order valence-electron chi connectivity index (χ3n) is 4.99. The van der Waals surface area contributed by atoms with Crippen LogP contribution >= 0.6 is 0 Å². The number of aromatic nitrogens is 1. The normalized spacial score (nSPS) is 25.5. The molecule has 2 fully saturated rings. The fraction of sp³-hybridized carbons (Fsp3) is 0.647. The Labute approximate surface area is 131 Å². The van der Waals surface area contributed by atoms with Gasteiger partial charge in [-0.1, -0.05) is 6.92 Å². The summed E-state index contributed by atoms with van der Waals surface area (Å²) in [7, 11) is 0. The number of aliphatic hydroxyl groups is 1. The molecule has 2 saturated heterocycles. The Morgan fingerprint density at radius 1 is 1.27 bits per heavy atom. The Kier molecular flexibility index (Phi) is 4.62. The molecule has 1 aromatic heterocycles. The van der Waals surface area contributed by atoms with Gasteiger partial charge in [-0.3, -0.25) is 4.79 Å². The number of aliphatic hydroxyl groups excluding tert-OH is 1. The van der Waals surface area contributed by atoms with Gasteiger partial charge < -0.3 is 14.9 Å². The molecule has 2 unspecified atom stereocenters. The third kappa shape index (κ3) is 2.95. The van der Waals surface area contributed by atoms with Crippen molar-refractivity contribution in [1.29, 1.82) is 0 Å². The van der Waals surface area contributed by atoms with Crippen molar-refractivity contribution >= 4 is 11.7 Å². The number of rotatable bonds is 3. The molecule has 120 valence electrons. The van der Waals surface area contributed by atoms with Gasteiger partial charge >= 0.3 is 0 Å². The van der Waals surface area contributed by atoms with E-state index in [-0.39, 0.29) is 18.6 Å². The summed E-state index contributed by atoms with van der Waals surface area (Å²) in [6, 6.07) is 3.75. The average Bonchev–Trinajstić information content (AvgIpc) is 3.08. The molecule has 0 radical (unpaired) electrons. The Balaban J connectivity index is 1.73. The van der Waals surface area contributed by atoms with Gasteiger partial charge in [-0.05, 0) is 43.7 Å². The van der Waals surface area contributed by atoms with Crippen molar-refractivity contribution in [2.75, 3.05) is 31.1 Å². The molecular weight excluding hydrogens is 278 g/mol. The van der Waals surface area contributed by atoms with Crippen LogP contribution < -0.4 is 4.90 Å². The third-order valence-corrected chi connectivity index (χ3v) is 4.99. The highest BCUT2D eigenvalue weighted by Crippen LogP contribution is 2.25. The largest absolute Gasteiger partial charge is 0.394 e. The predicted molar refractivity (Wildman–Crippen MR) is 86.0 cm³/mol. The first-order valence-corrected chi connectivity index (χ1v) is 8.33. The fourth-order valence-corrected chi connectivity index (χ4v) is 3.59. The molecule has 1 N–H and O–H groups in total. The highest BCUT2D eigenvalue weighted by molar-refractivity contribution is 5.94. The maximum atomic E-state index is 12.7. The Morgan fingerprint density at radius 2 is 2.05 bits per heavy atom. The summed E-state index contributed by atoms with van der Waals surface area (Å²) < 4.78 is 0. The zero-order valence-electron chi connectivity index (χ0n) is 13.2. The molecule has 2 atom stereocenters. The van der Waals surface area contributed by atoms with Crippen LogP contribution in [0.4, 0.5) is 5.82 Å². The van der Waals surface area contributed by atoms with E-state index in [1.54, 1.807) is 6.20 Å². The van der Waals surface area contributed by atoms with E-state index in [2.05, 4.69) is 16.8 Å². The Bertz CT molecular complexity index is 511. The van der Waals surface area contributed by atoms with Crippen molar-refractivity contribution in [2.45, 2.75) is 38.6 Å². The quantitative estimate of drug-likeness (QED) is 0.927. The molecule has 3 heterocycles. The second-order valence-corrected chi connectivity index (χ2v) is 6.47. The van der Waals surface area contributed by atoms with E-state index in [1.165, 1.54) is 12.8 Å². The molecule has 0 spiro atoms. The minimum absolute atomic E-state index is 0.00827. The second-order valence-electron chi connectivity index (χ2n) is 6.47. The van der Waals surface area contributed by atoms with Crippen LogP contribution in [0.1, 0.15) is 43.0 Å². The van der Waals surface area contributed by atoms with E-state index in [1.807, 2.05) is 17.0 Å². The first kappa shape index (κ1) is 15.3. The van der Waals surface area contributed by atoms with Crippen LogP contribution in [-0.2, 0) is 0 Å². The number of hydrogen-bond donors (Lipinski definition) is 1. The Morgan fingerprint density at radius 3 is 2.68 bits per heavy atom. The van der Waals surface area contributed by atoms with Gasteiger partial charge in [0.15, 0.2) is 0 Å². The number of carbonyl (C=O) groups excluding carboxylic acids is 1. The minimum atomic E-state index is -0.0699. The van der Waals surface area contributed by atoms with Crippen LogP contribution in [0.3, 0.4) is 0 Å². The molecule has 0 saturated carbocycles. The highest BCUT2D eigenvalue weighted by atomic mass is 16.3. The first-order chi connectivity index (χ1) is 10.7. The summed E-state index contributed by atoms with van der Waals surface area (Å²) in [5, 5.41) is 9.60. The van der Waals surface area contributed by atoms with Crippen LogP contribution in [0.15, 0.2) is 18.3 Å². The van der Waals surface area contributed by atoms with Crippen LogP contribution in [0.2, 0.25) is 0 Å². The van der Waals surface area contributed by atoms with Gasteiger partial charge in [0.2, 0.25) is 0 Å². The fourth-order valence-electron chi connectivity index (χ4n) is 3.59. The van der Waals surface area contributed by atoms with Gasteiger partial charge in [0.25, 0.3) is 5.91 Å². The summed E-state index contributed by atoms with van der Waals surface area (Å²) in [4.78, 5) is 21.2. The smallest absolute Gasteiger partial charge is 0.255 e. The van der Waals surface area contributed by atoms with Crippen molar-refractivity contribution in [3.63, 3.8) is 0 Å². The topological polar surface area (TPSA) is 56.7 Å². The number of carbonyl (C=O) groups is 1. The number of pyridine rings is 1. The van der Waals surface area contributed by atoms with Gasteiger partial charge in [0.05, 0.1) is 18.2 Å². The van der Waals surface area contributed by atoms with E-state index in [0.717, 1.165) is 38.3 Å². The van der Waals surface area contributed by atoms with E-state index in [4.69, 9.17) is 0 Å². The van der Waals surface area contributed by atoms with E-state index in [9.17, 15) is 9.90 Å². The lowest BCUT2D eigenvalue weighted by Crippen LogP contribution is -2.49. The van der Waals surface area contributed by atoms with Crippen LogP contribution in [0.5, 0.6) is 0 Å². The lowest BCUT2D eigenvalue weighted by atomic mass is 9.91. The molecule has 2 aliphatic rings. The minimum Gasteiger partial charge on any atom is -0.394 e. The molecule has 3 rings (SSSR count). The second kappa shape index (κ2) is 6.65. The molecule has 2 aliphatic heterocycles. The summed E-state index contributed by atoms with van der Waals surface area (Å²) in [5.74, 6) is 1.30. The lowest BCUT2D eigenvalue weighted by Gasteiger charge is -2.39.